The Morgan fingerprint density at radius 1 is 0.962 bits per heavy atom. The Morgan fingerprint density at radius 2 is 1.54 bits per heavy atom. The van der Waals surface area contributed by atoms with Crippen molar-refractivity contribution in [2.45, 2.75) is 12.4 Å². The molecule has 1 amide bonds. The molecule has 0 aliphatic heterocycles. The maximum atomic E-state index is 12.8. The lowest BCUT2D eigenvalue weighted by molar-refractivity contribution is -0.155. The van der Waals surface area contributed by atoms with Gasteiger partial charge in [-0.2, -0.15) is 26.3 Å². The molecule has 0 fully saturated rings. The van der Waals surface area contributed by atoms with Gasteiger partial charge in [0.15, 0.2) is 0 Å². The summed E-state index contributed by atoms with van der Waals surface area (Å²) in [6, 6.07) is 6.96. The standard InChI is InChI=1S/C15H7F6NO4/c16-14(17,18)10(23)8-6-9(13(25)26-11(8)15(19,20)21)22-12(24)7-4-2-1-3-5-7/h1-6H,(H,22,24). The van der Waals surface area contributed by atoms with Gasteiger partial charge in [-0.15, -0.1) is 0 Å². The van der Waals surface area contributed by atoms with E-state index >= 15 is 0 Å². The number of rotatable bonds is 3. The average Bonchev–Trinajstić information content (AvgIpc) is 2.54. The number of carbonyl (C=O) groups excluding carboxylic acids is 2. The number of hydrogen-bond donors (Lipinski definition) is 1. The quantitative estimate of drug-likeness (QED) is 0.652. The highest BCUT2D eigenvalue weighted by molar-refractivity contribution is 6.06. The number of hydrogen-bond acceptors (Lipinski definition) is 4. The first-order valence-electron chi connectivity index (χ1n) is 6.64. The van der Waals surface area contributed by atoms with Crippen LogP contribution in [0.15, 0.2) is 45.6 Å². The van der Waals surface area contributed by atoms with Crippen LogP contribution in [0.1, 0.15) is 26.5 Å². The molecular weight excluding hydrogens is 372 g/mol. The average molecular weight is 379 g/mol. The van der Waals surface area contributed by atoms with E-state index in [1.54, 1.807) is 6.07 Å². The van der Waals surface area contributed by atoms with Gasteiger partial charge in [-0.05, 0) is 18.2 Å². The fraction of sp³-hybridized carbons (Fsp3) is 0.133. The highest BCUT2D eigenvalue weighted by Crippen LogP contribution is 2.35. The van der Waals surface area contributed by atoms with Crippen molar-refractivity contribution in [2.24, 2.45) is 0 Å². The number of nitrogens with one attached hydrogen (secondary N) is 1. The van der Waals surface area contributed by atoms with Gasteiger partial charge >= 0.3 is 18.0 Å². The molecule has 0 saturated heterocycles. The van der Waals surface area contributed by atoms with E-state index in [1.807, 2.05) is 5.32 Å². The number of ketones is 1. The monoisotopic (exact) mass is 379 g/mol. The topological polar surface area (TPSA) is 76.4 Å². The fourth-order valence-corrected chi connectivity index (χ4v) is 1.87. The third-order valence-corrected chi connectivity index (χ3v) is 2.99. The molecule has 1 N–H and O–H groups in total. The summed E-state index contributed by atoms with van der Waals surface area (Å²) in [5.41, 5.74) is -4.77. The van der Waals surface area contributed by atoms with Gasteiger partial charge in [0.05, 0.1) is 5.56 Å². The van der Waals surface area contributed by atoms with E-state index in [0.717, 1.165) is 0 Å². The molecule has 0 aliphatic carbocycles. The minimum absolute atomic E-state index is 0.00861. The van der Waals surface area contributed by atoms with Gasteiger partial charge in [0, 0.05) is 5.56 Å². The molecule has 0 unspecified atom stereocenters. The van der Waals surface area contributed by atoms with Crippen LogP contribution in [0.25, 0.3) is 0 Å². The summed E-state index contributed by atoms with van der Waals surface area (Å²) in [6.45, 7) is 0. The predicted octanol–water partition coefficient (Wildman–Crippen LogP) is 3.66. The number of carbonyl (C=O) groups is 2. The van der Waals surface area contributed by atoms with Gasteiger partial charge in [-0.3, -0.25) is 9.59 Å². The summed E-state index contributed by atoms with van der Waals surface area (Å²) in [4.78, 5) is 34.8. The molecule has 2 aromatic rings. The third kappa shape index (κ3) is 4.10. The van der Waals surface area contributed by atoms with Crippen LogP contribution < -0.4 is 10.9 Å². The molecule has 2 rings (SSSR count). The lowest BCUT2D eigenvalue weighted by Crippen LogP contribution is -2.28. The van der Waals surface area contributed by atoms with Crippen LogP contribution >= 0.6 is 0 Å². The Morgan fingerprint density at radius 3 is 2.04 bits per heavy atom. The SMILES string of the molecule is O=C(Nc1cc(C(=O)C(F)(F)F)c(C(F)(F)F)oc1=O)c1ccccc1. The van der Waals surface area contributed by atoms with Gasteiger partial charge in [0.1, 0.15) is 5.69 Å². The van der Waals surface area contributed by atoms with Crippen LogP contribution in [-0.2, 0) is 6.18 Å². The summed E-state index contributed by atoms with van der Waals surface area (Å²) in [7, 11) is 0. The third-order valence-electron chi connectivity index (χ3n) is 2.99. The molecule has 0 atom stereocenters. The molecule has 0 spiro atoms. The van der Waals surface area contributed by atoms with E-state index in [-0.39, 0.29) is 11.6 Å². The Hall–Kier alpha value is -3.11. The van der Waals surface area contributed by atoms with Crippen LogP contribution in [-0.4, -0.2) is 17.9 Å². The van der Waals surface area contributed by atoms with Crippen LogP contribution in [0, 0.1) is 0 Å². The highest BCUT2D eigenvalue weighted by Gasteiger charge is 2.47. The number of Topliss-reactive ketones (excluding diaryl/α,β-unsaturated/α-hetero) is 1. The first-order chi connectivity index (χ1) is 11.9. The molecule has 0 aliphatic rings. The van der Waals surface area contributed by atoms with E-state index < -0.39 is 46.7 Å². The normalized spacial score (nSPS) is 11.9. The predicted molar refractivity (Wildman–Crippen MR) is 74.8 cm³/mol. The van der Waals surface area contributed by atoms with Gasteiger partial charge < -0.3 is 9.73 Å². The van der Waals surface area contributed by atoms with Crippen LogP contribution in [0.3, 0.4) is 0 Å². The lowest BCUT2D eigenvalue weighted by atomic mass is 10.1. The van der Waals surface area contributed by atoms with Gasteiger partial charge in [0.2, 0.25) is 5.76 Å². The van der Waals surface area contributed by atoms with Crippen molar-refractivity contribution in [3.8, 4) is 0 Å². The molecular formula is C15H7F6NO4. The van der Waals surface area contributed by atoms with Crippen LogP contribution in [0.4, 0.5) is 32.0 Å². The Kier molecular flexibility index (Phi) is 4.92. The first-order valence-corrected chi connectivity index (χ1v) is 6.64. The molecule has 1 aromatic carbocycles. The van der Waals surface area contributed by atoms with Gasteiger partial charge in [-0.25, -0.2) is 4.79 Å². The molecule has 5 nitrogen and oxygen atoms in total. The zero-order valence-electron chi connectivity index (χ0n) is 12.4. The smallest absolute Gasteiger partial charge is 0.416 e. The fourth-order valence-electron chi connectivity index (χ4n) is 1.87. The summed E-state index contributed by atoms with van der Waals surface area (Å²) in [5, 5.41) is 1.82. The summed E-state index contributed by atoms with van der Waals surface area (Å²) < 4.78 is 79.8. The van der Waals surface area contributed by atoms with Crippen molar-refractivity contribution >= 4 is 17.4 Å². The number of alkyl halides is 6. The van der Waals surface area contributed by atoms with Crippen molar-refractivity contribution in [2.75, 3.05) is 5.32 Å². The van der Waals surface area contributed by atoms with Gasteiger partial charge in [0.25, 0.3) is 11.7 Å². The minimum atomic E-state index is -5.65. The van der Waals surface area contributed by atoms with Crippen molar-refractivity contribution in [3.05, 3.63) is 63.7 Å². The minimum Gasteiger partial charge on any atom is -0.416 e. The van der Waals surface area contributed by atoms with Crippen LogP contribution in [0.2, 0.25) is 0 Å². The van der Waals surface area contributed by atoms with E-state index in [0.29, 0.717) is 0 Å². The lowest BCUT2D eigenvalue weighted by Gasteiger charge is -2.13. The molecule has 26 heavy (non-hydrogen) atoms. The largest absolute Gasteiger partial charge is 0.455 e. The molecule has 11 heteroatoms. The highest BCUT2D eigenvalue weighted by atomic mass is 19.4. The Balaban J connectivity index is 2.54. The maximum Gasteiger partial charge on any atom is 0.455 e. The molecule has 1 aromatic heterocycles. The summed E-state index contributed by atoms with van der Waals surface area (Å²) in [6.07, 6.45) is -11.2. The second-order valence-electron chi connectivity index (χ2n) is 4.84. The summed E-state index contributed by atoms with van der Waals surface area (Å²) in [5.74, 6) is -6.27. The van der Waals surface area contributed by atoms with E-state index in [4.69, 9.17) is 0 Å². The Labute approximate surface area is 140 Å². The molecule has 0 radical (unpaired) electrons. The number of benzene rings is 1. The van der Waals surface area contributed by atoms with E-state index in [2.05, 4.69) is 4.42 Å². The van der Waals surface area contributed by atoms with Crippen molar-refractivity contribution in [1.29, 1.82) is 0 Å². The zero-order valence-corrected chi connectivity index (χ0v) is 12.4. The Bertz CT molecular complexity index is 899. The van der Waals surface area contributed by atoms with Crippen LogP contribution in [0.5, 0.6) is 0 Å². The molecule has 138 valence electrons. The first kappa shape index (κ1) is 19.2. The number of anilines is 1. The number of halogens is 6. The number of amides is 1. The second kappa shape index (κ2) is 6.65. The molecule has 0 saturated carbocycles. The zero-order chi connectivity index (χ0) is 19.7. The second-order valence-corrected chi connectivity index (χ2v) is 4.84. The molecule has 0 bridgehead atoms. The van der Waals surface area contributed by atoms with E-state index in [9.17, 15) is 40.7 Å². The summed E-state index contributed by atoms with van der Waals surface area (Å²) >= 11 is 0. The maximum absolute atomic E-state index is 12.8. The van der Waals surface area contributed by atoms with Gasteiger partial charge in [-0.1, -0.05) is 18.2 Å². The van der Waals surface area contributed by atoms with Crippen molar-refractivity contribution in [3.63, 3.8) is 0 Å². The van der Waals surface area contributed by atoms with Crippen molar-refractivity contribution in [1.82, 2.24) is 0 Å². The van der Waals surface area contributed by atoms with Crippen molar-refractivity contribution < 1.29 is 40.3 Å². The van der Waals surface area contributed by atoms with E-state index in [1.165, 1.54) is 24.3 Å². The molecule has 1 heterocycles.